The molecule has 0 bridgehead atoms. The van der Waals surface area contributed by atoms with Crippen molar-refractivity contribution < 1.29 is 4.79 Å². The smallest absolute Gasteiger partial charge is 0.255 e. The van der Waals surface area contributed by atoms with E-state index in [2.05, 4.69) is 26.1 Å². The summed E-state index contributed by atoms with van der Waals surface area (Å²) in [4.78, 5) is 25.5. The molecule has 4 rings (SSSR count). The maximum atomic E-state index is 12.3. The monoisotopic (exact) mass is 369 g/mol. The first-order chi connectivity index (χ1) is 12.1. The molecule has 8 heteroatoms. The molecule has 3 heterocycles. The van der Waals surface area contributed by atoms with Crippen molar-refractivity contribution in [1.29, 1.82) is 0 Å². The maximum absolute atomic E-state index is 12.3. The van der Waals surface area contributed by atoms with E-state index in [1.807, 2.05) is 38.1 Å². The van der Waals surface area contributed by atoms with Gasteiger partial charge < -0.3 is 0 Å². The summed E-state index contributed by atoms with van der Waals surface area (Å²) in [5, 5.41) is 5.74. The average molecular weight is 369 g/mol. The zero-order chi connectivity index (χ0) is 17.4. The summed E-state index contributed by atoms with van der Waals surface area (Å²) >= 11 is 3.26. The summed E-state index contributed by atoms with van der Waals surface area (Å²) < 4.78 is 2.15. The van der Waals surface area contributed by atoms with E-state index in [0.29, 0.717) is 18.1 Å². The Balaban J connectivity index is 1.50. The summed E-state index contributed by atoms with van der Waals surface area (Å²) in [6.07, 6.45) is 0.300. The fraction of sp³-hybridized carbons (Fsp3) is 0.235. The van der Waals surface area contributed by atoms with Crippen LogP contribution in [0.25, 0.3) is 10.2 Å². The second-order valence-corrected chi connectivity index (χ2v) is 7.99. The highest BCUT2D eigenvalue weighted by Crippen LogP contribution is 2.30. The molecule has 0 spiro atoms. The van der Waals surface area contributed by atoms with E-state index in [1.54, 1.807) is 23.1 Å². The Kier molecular flexibility index (Phi) is 4.22. The van der Waals surface area contributed by atoms with Crippen molar-refractivity contribution in [3.8, 4) is 0 Å². The fourth-order valence-corrected chi connectivity index (χ4v) is 4.57. The topological polar surface area (TPSA) is 71.3 Å². The average Bonchev–Trinajstić information content (AvgIpc) is 3.14. The minimum absolute atomic E-state index is 0.0927. The van der Waals surface area contributed by atoms with E-state index < -0.39 is 0 Å². The molecule has 0 atom stereocenters. The predicted molar refractivity (Wildman–Crippen MR) is 101 cm³/mol. The molecule has 0 saturated heterocycles. The SMILES string of the molecule is Cc1cc(C)nc(N2N=C(CSc3nc4ccccc4s3)CC2=O)n1. The number of aromatic nitrogens is 3. The minimum Gasteiger partial charge on any atom is -0.272 e. The van der Waals surface area contributed by atoms with Crippen molar-refractivity contribution in [1.82, 2.24) is 15.0 Å². The Hall–Kier alpha value is -2.32. The molecule has 0 fully saturated rings. The number of fused-ring (bicyclic) bond motifs is 1. The third kappa shape index (κ3) is 3.40. The quantitative estimate of drug-likeness (QED) is 0.657. The molecule has 0 unspecified atom stereocenters. The van der Waals surface area contributed by atoms with Crippen molar-refractivity contribution in [2.45, 2.75) is 24.6 Å². The number of amides is 1. The van der Waals surface area contributed by atoms with Crippen LogP contribution in [0.1, 0.15) is 17.8 Å². The number of hydrogen-bond donors (Lipinski definition) is 0. The Bertz CT molecular complexity index is 944. The number of anilines is 1. The summed E-state index contributed by atoms with van der Waals surface area (Å²) in [7, 11) is 0. The molecule has 1 amide bonds. The van der Waals surface area contributed by atoms with Gasteiger partial charge in [-0.2, -0.15) is 10.1 Å². The van der Waals surface area contributed by atoms with Crippen LogP contribution in [0.15, 0.2) is 39.8 Å². The molecule has 3 aromatic rings. The van der Waals surface area contributed by atoms with E-state index >= 15 is 0 Å². The van der Waals surface area contributed by atoms with Gasteiger partial charge >= 0.3 is 0 Å². The van der Waals surface area contributed by atoms with Gasteiger partial charge in [-0.3, -0.25) is 4.79 Å². The Morgan fingerprint density at radius 1 is 1.16 bits per heavy atom. The molecule has 25 heavy (non-hydrogen) atoms. The first-order valence-electron chi connectivity index (χ1n) is 7.78. The van der Waals surface area contributed by atoms with Gasteiger partial charge in [0.15, 0.2) is 4.34 Å². The highest BCUT2D eigenvalue weighted by atomic mass is 32.2. The molecule has 0 N–H and O–H groups in total. The van der Waals surface area contributed by atoms with Crippen LogP contribution < -0.4 is 5.01 Å². The Labute approximate surface area is 153 Å². The number of aryl methyl sites for hydroxylation is 2. The maximum Gasteiger partial charge on any atom is 0.255 e. The molecular formula is C17H15N5OS2. The van der Waals surface area contributed by atoms with Crippen molar-refractivity contribution in [2.75, 3.05) is 10.8 Å². The molecule has 6 nitrogen and oxygen atoms in total. The van der Waals surface area contributed by atoms with Gasteiger partial charge in [-0.25, -0.2) is 15.0 Å². The number of hydrazone groups is 1. The van der Waals surface area contributed by atoms with Gasteiger partial charge in [0.05, 0.1) is 22.3 Å². The van der Waals surface area contributed by atoms with Crippen LogP contribution in [0.2, 0.25) is 0 Å². The molecule has 0 radical (unpaired) electrons. The number of hydrogen-bond acceptors (Lipinski definition) is 7. The lowest BCUT2D eigenvalue weighted by atomic mass is 10.3. The minimum atomic E-state index is -0.0927. The van der Waals surface area contributed by atoms with Crippen molar-refractivity contribution in [3.05, 3.63) is 41.7 Å². The van der Waals surface area contributed by atoms with E-state index in [4.69, 9.17) is 0 Å². The summed E-state index contributed by atoms with van der Waals surface area (Å²) in [6, 6.07) is 9.93. The molecule has 1 aliphatic heterocycles. The lowest BCUT2D eigenvalue weighted by molar-refractivity contribution is -0.117. The van der Waals surface area contributed by atoms with Crippen LogP contribution in [0.4, 0.5) is 5.95 Å². The van der Waals surface area contributed by atoms with Gasteiger partial charge in [0.2, 0.25) is 0 Å². The summed E-state index contributed by atoms with van der Waals surface area (Å²) in [6.45, 7) is 3.76. The van der Waals surface area contributed by atoms with E-state index in [0.717, 1.165) is 27.0 Å². The number of benzene rings is 1. The molecule has 0 saturated carbocycles. The first-order valence-corrected chi connectivity index (χ1v) is 9.59. The van der Waals surface area contributed by atoms with Crippen molar-refractivity contribution >= 4 is 50.9 Å². The van der Waals surface area contributed by atoms with Crippen molar-refractivity contribution in [2.24, 2.45) is 5.10 Å². The molecule has 1 aliphatic rings. The van der Waals surface area contributed by atoms with Crippen LogP contribution in [-0.4, -0.2) is 32.3 Å². The van der Waals surface area contributed by atoms with Gasteiger partial charge in [0.25, 0.3) is 11.9 Å². The fourth-order valence-electron chi connectivity index (χ4n) is 2.58. The first kappa shape index (κ1) is 16.2. The zero-order valence-corrected chi connectivity index (χ0v) is 15.4. The molecule has 126 valence electrons. The van der Waals surface area contributed by atoms with E-state index in [1.165, 1.54) is 9.71 Å². The van der Waals surface area contributed by atoms with Crippen LogP contribution >= 0.6 is 23.1 Å². The number of nitrogens with zero attached hydrogens (tertiary/aromatic N) is 5. The zero-order valence-electron chi connectivity index (χ0n) is 13.8. The number of rotatable bonds is 4. The Morgan fingerprint density at radius 2 is 1.92 bits per heavy atom. The number of thioether (sulfide) groups is 1. The highest BCUT2D eigenvalue weighted by Gasteiger charge is 2.27. The predicted octanol–water partition coefficient (Wildman–Crippen LogP) is 3.59. The van der Waals surface area contributed by atoms with Crippen LogP contribution in [0.5, 0.6) is 0 Å². The van der Waals surface area contributed by atoms with Crippen LogP contribution in [0, 0.1) is 13.8 Å². The number of para-hydroxylation sites is 1. The van der Waals surface area contributed by atoms with Gasteiger partial charge in [0.1, 0.15) is 0 Å². The second kappa shape index (κ2) is 6.53. The summed E-state index contributed by atoms with van der Waals surface area (Å²) in [5.41, 5.74) is 3.47. The van der Waals surface area contributed by atoms with Gasteiger partial charge in [-0.1, -0.05) is 23.9 Å². The second-order valence-electron chi connectivity index (χ2n) is 5.74. The third-order valence-corrected chi connectivity index (χ3v) is 5.88. The standard InChI is InChI=1S/C17H15N5OS2/c1-10-7-11(2)19-16(18-10)22-15(23)8-12(21-22)9-24-17-20-13-5-3-4-6-14(13)25-17/h3-7H,8-9H2,1-2H3. The molecule has 1 aromatic carbocycles. The normalized spacial score (nSPS) is 14.4. The number of carbonyl (C=O) groups is 1. The molecular weight excluding hydrogens is 354 g/mol. The molecule has 0 aliphatic carbocycles. The largest absolute Gasteiger partial charge is 0.272 e. The van der Waals surface area contributed by atoms with Gasteiger partial charge in [-0.15, -0.1) is 11.3 Å². The summed E-state index contributed by atoms with van der Waals surface area (Å²) in [5.74, 6) is 0.889. The lowest BCUT2D eigenvalue weighted by Gasteiger charge is -2.10. The van der Waals surface area contributed by atoms with Crippen LogP contribution in [0.3, 0.4) is 0 Å². The van der Waals surface area contributed by atoms with Crippen molar-refractivity contribution in [3.63, 3.8) is 0 Å². The Morgan fingerprint density at radius 3 is 2.68 bits per heavy atom. The molecule has 2 aromatic heterocycles. The van der Waals surface area contributed by atoms with E-state index in [9.17, 15) is 4.79 Å². The van der Waals surface area contributed by atoms with Gasteiger partial charge in [-0.05, 0) is 32.0 Å². The lowest BCUT2D eigenvalue weighted by Crippen LogP contribution is -2.22. The third-order valence-electron chi connectivity index (χ3n) is 3.63. The number of carbonyl (C=O) groups excluding carboxylic acids is 1. The van der Waals surface area contributed by atoms with Gasteiger partial charge in [0, 0.05) is 17.1 Å². The number of thiazole rings is 1. The highest BCUT2D eigenvalue weighted by molar-refractivity contribution is 8.01. The van der Waals surface area contributed by atoms with E-state index in [-0.39, 0.29) is 5.91 Å². The van der Waals surface area contributed by atoms with Crippen LogP contribution in [-0.2, 0) is 4.79 Å².